The summed E-state index contributed by atoms with van der Waals surface area (Å²) in [5, 5.41) is 2.54. The van der Waals surface area contributed by atoms with Crippen LogP contribution < -0.4 is 10.1 Å². The third-order valence-electron chi connectivity index (χ3n) is 4.00. The number of nitrogens with zero attached hydrogens (tertiary/aromatic N) is 1. The average molecular weight is 390 g/mol. The molecule has 1 aliphatic heterocycles. The van der Waals surface area contributed by atoms with Crippen LogP contribution in [0.25, 0.3) is 0 Å². The van der Waals surface area contributed by atoms with Gasteiger partial charge in [-0.1, -0.05) is 0 Å². The van der Waals surface area contributed by atoms with Gasteiger partial charge in [-0.3, -0.25) is 9.69 Å². The number of nitrogens with one attached hydrogen (secondary N) is 1. The number of alkyl halides is 3. The van der Waals surface area contributed by atoms with Crippen molar-refractivity contribution >= 4 is 11.6 Å². The Labute approximate surface area is 156 Å². The van der Waals surface area contributed by atoms with E-state index in [-0.39, 0.29) is 36.8 Å². The van der Waals surface area contributed by atoms with Crippen LogP contribution in [0, 0.1) is 0 Å². The van der Waals surface area contributed by atoms with Crippen LogP contribution in [-0.2, 0) is 20.4 Å². The topological polar surface area (TPSA) is 60.0 Å². The predicted octanol–water partition coefficient (Wildman–Crippen LogP) is 2.78. The van der Waals surface area contributed by atoms with Crippen LogP contribution in [-0.4, -0.2) is 63.0 Å². The maximum absolute atomic E-state index is 13.0. The number of rotatable bonds is 7. The van der Waals surface area contributed by atoms with E-state index in [1.54, 1.807) is 0 Å². The Morgan fingerprint density at radius 2 is 2.07 bits per heavy atom. The molecule has 0 saturated carbocycles. The van der Waals surface area contributed by atoms with Crippen molar-refractivity contribution in [1.29, 1.82) is 0 Å². The van der Waals surface area contributed by atoms with Gasteiger partial charge in [0.2, 0.25) is 5.91 Å². The van der Waals surface area contributed by atoms with E-state index in [1.807, 2.05) is 18.7 Å². The van der Waals surface area contributed by atoms with Gasteiger partial charge in [0.1, 0.15) is 12.4 Å². The second kappa shape index (κ2) is 8.90. The van der Waals surface area contributed by atoms with E-state index in [1.165, 1.54) is 13.2 Å². The maximum atomic E-state index is 13.0. The number of ether oxygens (including phenoxy) is 3. The highest BCUT2D eigenvalue weighted by molar-refractivity contribution is 5.93. The molecule has 0 aliphatic carbocycles. The van der Waals surface area contributed by atoms with E-state index in [0.717, 1.165) is 12.1 Å². The normalized spacial score (nSPS) is 17.6. The first-order valence-corrected chi connectivity index (χ1v) is 8.60. The van der Waals surface area contributed by atoms with Gasteiger partial charge in [0.05, 0.1) is 36.6 Å². The molecule has 1 amide bonds. The van der Waals surface area contributed by atoms with Crippen LogP contribution >= 0.6 is 0 Å². The maximum Gasteiger partial charge on any atom is 0.416 e. The molecule has 1 fully saturated rings. The van der Waals surface area contributed by atoms with Crippen molar-refractivity contribution in [2.45, 2.75) is 25.6 Å². The van der Waals surface area contributed by atoms with E-state index < -0.39 is 17.6 Å². The van der Waals surface area contributed by atoms with Crippen LogP contribution in [0.5, 0.6) is 5.75 Å². The molecule has 0 bridgehead atoms. The molecule has 6 nitrogen and oxygen atoms in total. The van der Waals surface area contributed by atoms with E-state index in [0.29, 0.717) is 19.7 Å². The van der Waals surface area contributed by atoms with Gasteiger partial charge in [0.25, 0.3) is 0 Å². The van der Waals surface area contributed by atoms with Crippen LogP contribution in [0.15, 0.2) is 18.2 Å². The molecule has 1 heterocycles. The van der Waals surface area contributed by atoms with Crippen molar-refractivity contribution in [2.75, 3.05) is 51.9 Å². The molecule has 1 aromatic carbocycles. The molecule has 9 heteroatoms. The number of anilines is 1. The zero-order valence-electron chi connectivity index (χ0n) is 15.7. The molecule has 152 valence electrons. The SMILES string of the molecule is COCCOc1ccc(C(F)(F)F)cc1NC(=O)CN1CCOC(C)(C)C1. The molecule has 0 atom stereocenters. The first-order chi connectivity index (χ1) is 12.6. The third kappa shape index (κ3) is 6.67. The predicted molar refractivity (Wildman–Crippen MR) is 93.9 cm³/mol. The number of halogens is 3. The highest BCUT2D eigenvalue weighted by Crippen LogP contribution is 2.35. The zero-order valence-corrected chi connectivity index (χ0v) is 15.7. The van der Waals surface area contributed by atoms with Gasteiger partial charge in [0, 0.05) is 20.2 Å². The van der Waals surface area contributed by atoms with Gasteiger partial charge >= 0.3 is 6.18 Å². The van der Waals surface area contributed by atoms with Gasteiger partial charge < -0.3 is 19.5 Å². The highest BCUT2D eigenvalue weighted by Gasteiger charge is 2.32. The summed E-state index contributed by atoms with van der Waals surface area (Å²) < 4.78 is 54.9. The van der Waals surface area contributed by atoms with Crippen molar-refractivity contribution in [3.63, 3.8) is 0 Å². The summed E-state index contributed by atoms with van der Waals surface area (Å²) in [4.78, 5) is 14.3. The number of carbonyl (C=O) groups is 1. The van der Waals surface area contributed by atoms with Crippen LogP contribution in [0.2, 0.25) is 0 Å². The minimum atomic E-state index is -4.52. The smallest absolute Gasteiger partial charge is 0.416 e. The number of benzene rings is 1. The Hall–Kier alpha value is -1.84. The van der Waals surface area contributed by atoms with Gasteiger partial charge in [-0.2, -0.15) is 13.2 Å². The molecule has 27 heavy (non-hydrogen) atoms. The van der Waals surface area contributed by atoms with Crippen LogP contribution in [0.3, 0.4) is 0 Å². The fraction of sp³-hybridized carbons (Fsp3) is 0.611. The van der Waals surface area contributed by atoms with E-state index >= 15 is 0 Å². The van der Waals surface area contributed by atoms with Gasteiger partial charge in [-0.05, 0) is 32.0 Å². The first kappa shape index (κ1) is 21.5. The summed E-state index contributed by atoms with van der Waals surface area (Å²) in [7, 11) is 1.49. The molecule has 0 unspecified atom stereocenters. The van der Waals surface area contributed by atoms with Crippen molar-refractivity contribution in [3.05, 3.63) is 23.8 Å². The Balaban J connectivity index is 2.10. The van der Waals surface area contributed by atoms with Gasteiger partial charge in [0.15, 0.2) is 0 Å². The number of methoxy groups -OCH3 is 1. The number of carbonyl (C=O) groups excluding carboxylic acids is 1. The van der Waals surface area contributed by atoms with Crippen molar-refractivity contribution in [3.8, 4) is 5.75 Å². The summed E-state index contributed by atoms with van der Waals surface area (Å²) in [6.45, 7) is 5.96. The second-order valence-electron chi connectivity index (χ2n) is 6.92. The van der Waals surface area contributed by atoms with Gasteiger partial charge in [-0.15, -0.1) is 0 Å². The number of hydrogen-bond acceptors (Lipinski definition) is 5. The number of amides is 1. The van der Waals surface area contributed by atoms with Crippen molar-refractivity contribution < 1.29 is 32.2 Å². The largest absolute Gasteiger partial charge is 0.489 e. The Kier molecular flexibility index (Phi) is 7.07. The molecule has 1 N–H and O–H groups in total. The average Bonchev–Trinajstić information content (AvgIpc) is 2.54. The molecule has 2 rings (SSSR count). The minimum absolute atomic E-state index is 0.0153. The Morgan fingerprint density at radius 1 is 1.33 bits per heavy atom. The quantitative estimate of drug-likeness (QED) is 0.726. The number of hydrogen-bond donors (Lipinski definition) is 1. The van der Waals surface area contributed by atoms with Gasteiger partial charge in [-0.25, -0.2) is 0 Å². The standard InChI is InChI=1S/C18H25F3N2O4/c1-17(2)12-23(6-7-27-17)11-16(24)22-14-10-13(18(19,20)21)4-5-15(14)26-9-8-25-3/h4-5,10H,6-9,11-12H2,1-3H3,(H,22,24). The number of morpholine rings is 1. The lowest BCUT2D eigenvalue weighted by molar-refractivity contribution is -0.137. The lowest BCUT2D eigenvalue weighted by atomic mass is 10.1. The third-order valence-corrected chi connectivity index (χ3v) is 4.00. The van der Waals surface area contributed by atoms with Crippen LogP contribution in [0.1, 0.15) is 19.4 Å². The summed E-state index contributed by atoms with van der Waals surface area (Å²) in [6.07, 6.45) is -4.52. The molecule has 0 aromatic heterocycles. The summed E-state index contributed by atoms with van der Waals surface area (Å²) in [5.74, 6) is -0.251. The summed E-state index contributed by atoms with van der Waals surface area (Å²) in [6, 6.07) is 3.00. The highest BCUT2D eigenvalue weighted by atomic mass is 19.4. The second-order valence-corrected chi connectivity index (χ2v) is 6.92. The zero-order chi connectivity index (χ0) is 20.1. The van der Waals surface area contributed by atoms with Crippen molar-refractivity contribution in [1.82, 2.24) is 4.90 Å². The van der Waals surface area contributed by atoms with Crippen molar-refractivity contribution in [2.24, 2.45) is 0 Å². The van der Waals surface area contributed by atoms with E-state index in [4.69, 9.17) is 14.2 Å². The molecular formula is C18H25F3N2O4. The Morgan fingerprint density at radius 3 is 2.70 bits per heavy atom. The minimum Gasteiger partial charge on any atom is -0.489 e. The summed E-state index contributed by atoms with van der Waals surface area (Å²) >= 11 is 0. The first-order valence-electron chi connectivity index (χ1n) is 8.60. The summed E-state index contributed by atoms with van der Waals surface area (Å²) in [5.41, 5.74) is -1.24. The molecule has 1 aliphatic rings. The van der Waals surface area contributed by atoms with E-state index in [9.17, 15) is 18.0 Å². The monoisotopic (exact) mass is 390 g/mol. The fourth-order valence-corrected chi connectivity index (χ4v) is 2.81. The fourth-order valence-electron chi connectivity index (χ4n) is 2.81. The molecule has 0 spiro atoms. The Bertz CT molecular complexity index is 650. The molecule has 1 saturated heterocycles. The molecule has 0 radical (unpaired) electrons. The molecular weight excluding hydrogens is 365 g/mol. The van der Waals surface area contributed by atoms with Crippen LogP contribution in [0.4, 0.5) is 18.9 Å². The lowest BCUT2D eigenvalue weighted by Gasteiger charge is -2.37. The lowest BCUT2D eigenvalue weighted by Crippen LogP contribution is -2.50. The van der Waals surface area contributed by atoms with E-state index in [2.05, 4.69) is 5.32 Å². The molecule has 1 aromatic rings.